The molecule has 0 spiro atoms. The van der Waals surface area contributed by atoms with Gasteiger partial charge in [-0.1, -0.05) is 24.3 Å². The first kappa shape index (κ1) is 15.6. The molecule has 0 bridgehead atoms. The van der Waals surface area contributed by atoms with Crippen LogP contribution in [0.15, 0.2) is 47.6 Å². The Labute approximate surface area is 123 Å². The first-order chi connectivity index (χ1) is 10.0. The van der Waals surface area contributed by atoms with Crippen molar-refractivity contribution in [1.82, 2.24) is 9.71 Å². The summed E-state index contributed by atoms with van der Waals surface area (Å²) in [5.74, 6) is -0.345. The number of pyridine rings is 1. The van der Waals surface area contributed by atoms with E-state index >= 15 is 0 Å². The fraction of sp³-hybridized carbons (Fsp3) is 0.214. The number of hydrogen-bond acceptors (Lipinski definition) is 4. The van der Waals surface area contributed by atoms with E-state index in [1.54, 1.807) is 24.3 Å². The van der Waals surface area contributed by atoms with Gasteiger partial charge in [0.1, 0.15) is 5.82 Å². The number of nitrogens with zero attached hydrogens (tertiary/aromatic N) is 1. The lowest BCUT2D eigenvalue weighted by atomic mass is 10.1. The average molecular weight is 309 g/mol. The predicted octanol–water partition coefficient (Wildman–Crippen LogP) is 1.20. The van der Waals surface area contributed by atoms with Crippen LogP contribution in [0.3, 0.4) is 0 Å². The van der Waals surface area contributed by atoms with E-state index in [4.69, 9.17) is 5.73 Å². The van der Waals surface area contributed by atoms with Gasteiger partial charge < -0.3 is 5.73 Å². The average Bonchev–Trinajstić information content (AvgIpc) is 2.49. The van der Waals surface area contributed by atoms with E-state index in [1.807, 2.05) is 0 Å². The zero-order valence-corrected chi connectivity index (χ0v) is 12.1. The summed E-state index contributed by atoms with van der Waals surface area (Å²) in [5.41, 5.74) is 6.64. The van der Waals surface area contributed by atoms with Crippen molar-refractivity contribution >= 4 is 10.0 Å². The Bertz CT molecular complexity index is 702. The summed E-state index contributed by atoms with van der Waals surface area (Å²) >= 11 is 0. The Kier molecular flexibility index (Phi) is 5.00. The molecule has 0 amide bonds. The highest BCUT2D eigenvalue weighted by molar-refractivity contribution is 7.89. The minimum absolute atomic E-state index is 0.0757. The van der Waals surface area contributed by atoms with E-state index in [1.165, 1.54) is 18.3 Å². The third kappa shape index (κ3) is 4.07. The quantitative estimate of drug-likeness (QED) is 0.839. The molecule has 5 nitrogen and oxygen atoms in total. The fourth-order valence-corrected chi connectivity index (χ4v) is 2.74. The van der Waals surface area contributed by atoms with Gasteiger partial charge in [0.15, 0.2) is 5.03 Å². The van der Waals surface area contributed by atoms with Crippen LogP contribution in [-0.4, -0.2) is 19.9 Å². The predicted molar refractivity (Wildman–Crippen MR) is 77.4 cm³/mol. The van der Waals surface area contributed by atoms with Crippen LogP contribution in [0.4, 0.5) is 4.39 Å². The molecule has 1 heterocycles. The summed E-state index contributed by atoms with van der Waals surface area (Å²) < 4.78 is 39.8. The largest absolute Gasteiger partial charge is 0.326 e. The van der Waals surface area contributed by atoms with Gasteiger partial charge in [-0.25, -0.2) is 22.5 Å². The van der Waals surface area contributed by atoms with Gasteiger partial charge in [-0.3, -0.25) is 0 Å². The molecule has 0 radical (unpaired) electrons. The number of rotatable bonds is 6. The fourth-order valence-electron chi connectivity index (χ4n) is 1.79. The Morgan fingerprint density at radius 2 is 1.95 bits per heavy atom. The zero-order chi connectivity index (χ0) is 15.3. The van der Waals surface area contributed by atoms with Crippen LogP contribution in [0.25, 0.3) is 0 Å². The maximum atomic E-state index is 13.4. The maximum Gasteiger partial charge on any atom is 0.258 e. The lowest BCUT2D eigenvalue weighted by Crippen LogP contribution is -2.27. The van der Waals surface area contributed by atoms with Gasteiger partial charge in [0.05, 0.1) is 0 Å². The number of sulfonamides is 1. The van der Waals surface area contributed by atoms with E-state index in [2.05, 4.69) is 9.71 Å². The molecule has 2 aromatic rings. The van der Waals surface area contributed by atoms with E-state index in [0.717, 1.165) is 5.56 Å². The molecule has 0 atom stereocenters. The highest BCUT2D eigenvalue weighted by atomic mass is 32.2. The van der Waals surface area contributed by atoms with Gasteiger partial charge in [-0.2, -0.15) is 0 Å². The molecule has 7 heteroatoms. The summed E-state index contributed by atoms with van der Waals surface area (Å²) in [5, 5.41) is -0.0757. The van der Waals surface area contributed by atoms with E-state index in [-0.39, 0.29) is 23.8 Å². The summed E-state index contributed by atoms with van der Waals surface area (Å²) in [6, 6.07) is 9.27. The Morgan fingerprint density at radius 3 is 2.57 bits per heavy atom. The van der Waals surface area contributed by atoms with Crippen molar-refractivity contribution in [2.75, 3.05) is 6.54 Å². The third-order valence-corrected chi connectivity index (χ3v) is 4.33. The molecule has 0 aliphatic heterocycles. The van der Waals surface area contributed by atoms with Crippen molar-refractivity contribution < 1.29 is 12.8 Å². The molecule has 0 saturated heterocycles. The molecule has 3 N–H and O–H groups in total. The van der Waals surface area contributed by atoms with E-state index in [0.29, 0.717) is 12.1 Å². The molecule has 0 unspecified atom stereocenters. The molecule has 112 valence electrons. The Hall–Kier alpha value is -1.83. The lowest BCUT2D eigenvalue weighted by molar-refractivity contribution is 0.574. The number of hydrogen-bond donors (Lipinski definition) is 2. The second kappa shape index (κ2) is 6.75. The van der Waals surface area contributed by atoms with Crippen LogP contribution < -0.4 is 10.5 Å². The molecular formula is C14H16FN3O2S. The molecule has 1 aromatic heterocycles. The van der Waals surface area contributed by atoms with Crippen LogP contribution >= 0.6 is 0 Å². The molecular weight excluding hydrogens is 293 g/mol. The highest BCUT2D eigenvalue weighted by Gasteiger charge is 2.15. The van der Waals surface area contributed by atoms with Crippen LogP contribution in [0.2, 0.25) is 0 Å². The number of halogens is 1. The SMILES string of the molecule is NCc1ccc(S(=O)(=O)NCCc2ccccc2F)nc1. The summed E-state index contributed by atoms with van der Waals surface area (Å²) in [6.45, 7) is 0.400. The van der Waals surface area contributed by atoms with Crippen LogP contribution in [0.1, 0.15) is 11.1 Å². The molecule has 0 fully saturated rings. The second-order valence-corrected chi connectivity index (χ2v) is 6.16. The van der Waals surface area contributed by atoms with Crippen LogP contribution in [0, 0.1) is 5.82 Å². The zero-order valence-electron chi connectivity index (χ0n) is 11.3. The standard InChI is InChI=1S/C14H16FN3O2S/c15-13-4-2-1-3-12(13)7-8-18-21(19,20)14-6-5-11(9-16)10-17-14/h1-6,10,18H,7-9,16H2. The summed E-state index contributed by atoms with van der Waals surface area (Å²) in [7, 11) is -3.69. The minimum atomic E-state index is -3.69. The molecule has 0 aliphatic rings. The summed E-state index contributed by atoms with van der Waals surface area (Å²) in [6.07, 6.45) is 1.69. The second-order valence-electron chi connectivity index (χ2n) is 4.45. The topological polar surface area (TPSA) is 85.1 Å². The van der Waals surface area contributed by atoms with Crippen molar-refractivity contribution in [3.05, 3.63) is 59.5 Å². The number of nitrogens with one attached hydrogen (secondary N) is 1. The minimum Gasteiger partial charge on any atom is -0.326 e. The van der Waals surface area contributed by atoms with Crippen LogP contribution in [0.5, 0.6) is 0 Å². The van der Waals surface area contributed by atoms with Gasteiger partial charge in [0, 0.05) is 19.3 Å². The van der Waals surface area contributed by atoms with Crippen molar-refractivity contribution in [2.24, 2.45) is 5.73 Å². The normalized spacial score (nSPS) is 11.5. The van der Waals surface area contributed by atoms with Gasteiger partial charge in [0.2, 0.25) is 0 Å². The van der Waals surface area contributed by atoms with Gasteiger partial charge in [0.25, 0.3) is 10.0 Å². The molecule has 0 saturated carbocycles. The molecule has 0 aliphatic carbocycles. The Morgan fingerprint density at radius 1 is 1.19 bits per heavy atom. The monoisotopic (exact) mass is 309 g/mol. The molecule has 1 aromatic carbocycles. The van der Waals surface area contributed by atoms with Crippen molar-refractivity contribution in [3.8, 4) is 0 Å². The van der Waals surface area contributed by atoms with Gasteiger partial charge in [-0.05, 0) is 29.7 Å². The lowest BCUT2D eigenvalue weighted by Gasteiger charge is -2.07. The Balaban J connectivity index is 1.99. The van der Waals surface area contributed by atoms with Crippen LogP contribution in [-0.2, 0) is 23.0 Å². The number of benzene rings is 1. The molecule has 2 rings (SSSR count). The van der Waals surface area contributed by atoms with Gasteiger partial charge in [-0.15, -0.1) is 0 Å². The third-order valence-electron chi connectivity index (χ3n) is 2.95. The van der Waals surface area contributed by atoms with Crippen molar-refractivity contribution in [3.63, 3.8) is 0 Å². The summed E-state index contributed by atoms with van der Waals surface area (Å²) in [4.78, 5) is 3.86. The molecule has 21 heavy (non-hydrogen) atoms. The van der Waals surface area contributed by atoms with E-state index < -0.39 is 10.0 Å². The van der Waals surface area contributed by atoms with E-state index in [9.17, 15) is 12.8 Å². The van der Waals surface area contributed by atoms with Crippen molar-refractivity contribution in [1.29, 1.82) is 0 Å². The smallest absolute Gasteiger partial charge is 0.258 e. The number of nitrogens with two attached hydrogens (primary N) is 1. The first-order valence-electron chi connectivity index (χ1n) is 6.41. The van der Waals surface area contributed by atoms with Crippen molar-refractivity contribution in [2.45, 2.75) is 18.0 Å². The first-order valence-corrected chi connectivity index (χ1v) is 7.89. The van der Waals surface area contributed by atoms with Gasteiger partial charge >= 0.3 is 0 Å². The highest BCUT2D eigenvalue weighted by Crippen LogP contribution is 2.08. The maximum absolute atomic E-state index is 13.4. The number of aromatic nitrogens is 1.